The average molecular weight is 369 g/mol. The number of amides is 2. The van der Waals surface area contributed by atoms with Crippen molar-refractivity contribution in [2.45, 2.75) is 6.42 Å². The van der Waals surface area contributed by atoms with Gasteiger partial charge in [-0.25, -0.2) is 0 Å². The van der Waals surface area contributed by atoms with Gasteiger partial charge in [0.25, 0.3) is 5.91 Å². The lowest BCUT2D eigenvalue weighted by atomic mass is 10.1. The molecule has 2 aromatic rings. The van der Waals surface area contributed by atoms with Crippen LogP contribution in [0.1, 0.15) is 15.9 Å². The largest absolute Gasteiger partial charge is 0.486 e. The summed E-state index contributed by atoms with van der Waals surface area (Å²) in [5.74, 6) is 1.52. The Morgan fingerprint density at radius 3 is 2.37 bits per heavy atom. The van der Waals surface area contributed by atoms with Crippen LogP contribution < -0.4 is 9.47 Å². The van der Waals surface area contributed by atoms with E-state index in [0.29, 0.717) is 57.1 Å². The van der Waals surface area contributed by atoms with Crippen molar-refractivity contribution in [3.05, 3.63) is 47.8 Å². The number of hydrogen-bond acceptors (Lipinski definition) is 4. The van der Waals surface area contributed by atoms with E-state index in [2.05, 4.69) is 0 Å². The highest BCUT2D eigenvalue weighted by atomic mass is 16.6. The first kappa shape index (κ1) is 17.5. The third-order valence-corrected chi connectivity index (χ3v) is 4.96. The molecule has 2 aliphatic heterocycles. The fraction of sp³-hybridized carbons (Fsp3) is 0.400. The molecule has 1 saturated heterocycles. The lowest BCUT2D eigenvalue weighted by Crippen LogP contribution is -2.50. The van der Waals surface area contributed by atoms with Crippen LogP contribution in [0.2, 0.25) is 0 Å². The lowest BCUT2D eigenvalue weighted by molar-refractivity contribution is -0.131. The van der Waals surface area contributed by atoms with Crippen LogP contribution in [0.3, 0.4) is 0 Å². The number of fused-ring (bicyclic) bond motifs is 1. The quantitative estimate of drug-likeness (QED) is 0.819. The molecule has 0 saturated carbocycles. The Kier molecular flexibility index (Phi) is 4.75. The van der Waals surface area contributed by atoms with Gasteiger partial charge in [0.05, 0.1) is 12.0 Å². The van der Waals surface area contributed by atoms with Crippen molar-refractivity contribution < 1.29 is 19.1 Å². The number of ether oxygens (including phenoxy) is 2. The van der Waals surface area contributed by atoms with E-state index < -0.39 is 0 Å². The summed E-state index contributed by atoms with van der Waals surface area (Å²) >= 11 is 0. The molecule has 7 nitrogen and oxygen atoms in total. The van der Waals surface area contributed by atoms with E-state index in [1.54, 1.807) is 0 Å². The molecule has 142 valence electrons. The minimum Gasteiger partial charge on any atom is -0.486 e. The Labute approximate surface area is 158 Å². The van der Waals surface area contributed by atoms with Crippen molar-refractivity contribution in [2.24, 2.45) is 7.05 Å². The van der Waals surface area contributed by atoms with Crippen LogP contribution in [0.15, 0.2) is 36.7 Å². The molecular formula is C20H23N3O4. The molecule has 0 radical (unpaired) electrons. The van der Waals surface area contributed by atoms with E-state index in [-0.39, 0.29) is 11.8 Å². The number of carbonyl (C=O) groups is 2. The SMILES string of the molecule is Cn1ccc(C(=O)N2CCN(C(=O)Cc3ccc4c(c3)OCCO4)CC2)c1. The number of hydrogen-bond donors (Lipinski definition) is 0. The van der Waals surface area contributed by atoms with Gasteiger partial charge in [-0.3, -0.25) is 9.59 Å². The van der Waals surface area contributed by atoms with Gasteiger partial charge >= 0.3 is 0 Å². The highest BCUT2D eigenvalue weighted by molar-refractivity contribution is 5.94. The second-order valence-corrected chi connectivity index (χ2v) is 6.89. The van der Waals surface area contributed by atoms with Crippen LogP contribution in [-0.4, -0.2) is 65.6 Å². The smallest absolute Gasteiger partial charge is 0.255 e. The maximum absolute atomic E-state index is 12.6. The molecule has 27 heavy (non-hydrogen) atoms. The van der Waals surface area contributed by atoms with E-state index in [9.17, 15) is 9.59 Å². The normalized spacial score (nSPS) is 16.3. The fourth-order valence-corrected chi connectivity index (χ4v) is 3.46. The number of carbonyl (C=O) groups excluding carboxylic acids is 2. The predicted molar refractivity (Wildman–Crippen MR) is 99.0 cm³/mol. The molecule has 4 rings (SSSR count). The maximum Gasteiger partial charge on any atom is 0.255 e. The predicted octanol–water partition coefficient (Wildman–Crippen LogP) is 1.32. The summed E-state index contributed by atoms with van der Waals surface area (Å²) in [6.07, 6.45) is 4.01. The van der Waals surface area contributed by atoms with Crippen LogP contribution in [0, 0.1) is 0 Å². The van der Waals surface area contributed by atoms with Crippen LogP contribution in [0.5, 0.6) is 11.5 Å². The molecule has 0 bridgehead atoms. The van der Waals surface area contributed by atoms with Gasteiger partial charge in [-0.05, 0) is 23.8 Å². The third-order valence-electron chi connectivity index (χ3n) is 4.96. The van der Waals surface area contributed by atoms with Crippen LogP contribution in [0.4, 0.5) is 0 Å². The molecular weight excluding hydrogens is 346 g/mol. The van der Waals surface area contributed by atoms with Gasteiger partial charge in [-0.2, -0.15) is 0 Å². The third kappa shape index (κ3) is 3.77. The zero-order valence-electron chi connectivity index (χ0n) is 15.4. The van der Waals surface area contributed by atoms with Gasteiger partial charge in [0, 0.05) is 45.6 Å². The summed E-state index contributed by atoms with van der Waals surface area (Å²) in [5.41, 5.74) is 1.60. The first-order valence-corrected chi connectivity index (χ1v) is 9.18. The highest BCUT2D eigenvalue weighted by Gasteiger charge is 2.25. The van der Waals surface area contributed by atoms with E-state index in [4.69, 9.17) is 9.47 Å². The minimum atomic E-state index is 0.0227. The second-order valence-electron chi connectivity index (χ2n) is 6.89. The van der Waals surface area contributed by atoms with Gasteiger partial charge in [0.2, 0.25) is 5.91 Å². The van der Waals surface area contributed by atoms with Crippen LogP contribution >= 0.6 is 0 Å². The Morgan fingerprint density at radius 2 is 1.67 bits per heavy atom. The summed E-state index contributed by atoms with van der Waals surface area (Å²) in [5, 5.41) is 0. The first-order valence-electron chi connectivity index (χ1n) is 9.18. The van der Waals surface area contributed by atoms with Gasteiger partial charge in [-0.1, -0.05) is 6.07 Å². The molecule has 0 atom stereocenters. The Bertz CT molecular complexity index is 853. The van der Waals surface area contributed by atoms with Gasteiger partial charge in [0.15, 0.2) is 11.5 Å². The maximum atomic E-state index is 12.6. The molecule has 0 N–H and O–H groups in total. The average Bonchev–Trinajstić information content (AvgIpc) is 3.14. The van der Waals surface area contributed by atoms with Crippen molar-refractivity contribution in [2.75, 3.05) is 39.4 Å². The van der Waals surface area contributed by atoms with E-state index in [1.165, 1.54) is 0 Å². The number of aromatic nitrogens is 1. The van der Waals surface area contributed by atoms with Gasteiger partial charge in [0.1, 0.15) is 13.2 Å². The zero-order chi connectivity index (χ0) is 18.8. The molecule has 7 heteroatoms. The van der Waals surface area contributed by atoms with E-state index >= 15 is 0 Å². The second kappa shape index (κ2) is 7.34. The van der Waals surface area contributed by atoms with Crippen molar-refractivity contribution in [3.8, 4) is 11.5 Å². The summed E-state index contributed by atoms with van der Waals surface area (Å²) < 4.78 is 13.0. The molecule has 0 spiro atoms. The number of nitrogens with zero attached hydrogens (tertiary/aromatic N) is 3. The molecule has 1 aromatic carbocycles. The summed E-state index contributed by atoms with van der Waals surface area (Å²) in [6.45, 7) is 3.31. The van der Waals surface area contributed by atoms with Gasteiger partial charge in [-0.15, -0.1) is 0 Å². The Morgan fingerprint density at radius 1 is 0.963 bits per heavy atom. The summed E-state index contributed by atoms with van der Waals surface area (Å²) in [4.78, 5) is 28.8. The number of rotatable bonds is 3. The lowest BCUT2D eigenvalue weighted by Gasteiger charge is -2.34. The monoisotopic (exact) mass is 369 g/mol. The first-order chi connectivity index (χ1) is 13.1. The van der Waals surface area contributed by atoms with Crippen LogP contribution in [-0.2, 0) is 18.3 Å². The molecule has 3 heterocycles. The number of benzene rings is 1. The standard InChI is InChI=1S/C20H23N3O4/c1-21-5-4-16(14-21)20(25)23-8-6-22(7-9-23)19(24)13-15-2-3-17-18(12-15)27-11-10-26-17/h2-5,12,14H,6-11,13H2,1H3. The zero-order valence-corrected chi connectivity index (χ0v) is 15.4. The van der Waals surface area contributed by atoms with Gasteiger partial charge < -0.3 is 23.8 Å². The molecule has 1 fully saturated rings. The molecule has 2 aliphatic rings. The Balaban J connectivity index is 1.33. The fourth-order valence-electron chi connectivity index (χ4n) is 3.46. The van der Waals surface area contributed by atoms with Crippen molar-refractivity contribution in [1.82, 2.24) is 14.4 Å². The van der Waals surface area contributed by atoms with Crippen molar-refractivity contribution >= 4 is 11.8 Å². The number of piperazine rings is 1. The van der Waals surface area contributed by atoms with E-state index in [0.717, 1.165) is 11.3 Å². The summed E-state index contributed by atoms with van der Waals surface area (Å²) in [7, 11) is 1.89. The van der Waals surface area contributed by atoms with Crippen LogP contribution in [0.25, 0.3) is 0 Å². The molecule has 1 aromatic heterocycles. The highest BCUT2D eigenvalue weighted by Crippen LogP contribution is 2.31. The molecule has 0 unspecified atom stereocenters. The van der Waals surface area contributed by atoms with Crippen molar-refractivity contribution in [3.63, 3.8) is 0 Å². The summed E-state index contributed by atoms with van der Waals surface area (Å²) in [6, 6.07) is 7.46. The topological polar surface area (TPSA) is 64.0 Å². The molecule has 2 amide bonds. The Hall–Kier alpha value is -2.96. The molecule has 0 aliphatic carbocycles. The van der Waals surface area contributed by atoms with E-state index in [1.807, 2.05) is 58.1 Å². The van der Waals surface area contributed by atoms with Crippen molar-refractivity contribution in [1.29, 1.82) is 0 Å². The minimum absolute atomic E-state index is 0.0227. The number of aryl methyl sites for hydroxylation is 1.